The summed E-state index contributed by atoms with van der Waals surface area (Å²) in [5, 5.41) is 0. The lowest BCUT2D eigenvalue weighted by Crippen LogP contribution is -2.36. The fourth-order valence-electron chi connectivity index (χ4n) is 3.74. The van der Waals surface area contributed by atoms with Crippen LogP contribution in [-0.4, -0.2) is 20.9 Å². The number of carbonyl (C=O) groups is 1. The van der Waals surface area contributed by atoms with Crippen molar-refractivity contribution < 1.29 is 22.0 Å². The van der Waals surface area contributed by atoms with Gasteiger partial charge in [-0.05, 0) is 54.3 Å². The highest BCUT2D eigenvalue weighted by atomic mass is 32.2. The summed E-state index contributed by atoms with van der Waals surface area (Å²) in [6, 6.07) is 16.4. The number of benzene rings is 3. The van der Waals surface area contributed by atoms with Gasteiger partial charge >= 0.3 is 0 Å². The molecule has 0 saturated carbocycles. The second kappa shape index (κ2) is 7.99. The predicted octanol–water partition coefficient (Wildman–Crippen LogP) is 4.53. The molecular weight excluding hydrogens is 408 g/mol. The molecule has 0 atom stereocenters. The second-order valence-corrected chi connectivity index (χ2v) is 9.22. The van der Waals surface area contributed by atoms with Gasteiger partial charge in [0.05, 0.1) is 16.3 Å². The third-order valence-electron chi connectivity index (χ3n) is 5.08. The number of amides is 1. The molecular formula is C23H19F2NO3S. The van der Waals surface area contributed by atoms with E-state index < -0.39 is 27.4 Å². The standard InChI is InChI=1S/C23H19F2NO3S/c24-19-13-17-8-5-11-26(22(17)21(25)14-19)23(27)18-7-4-6-16(12-18)15-30(28,29)20-9-2-1-3-10-20/h1-4,6-7,9-10,12-14H,5,8,11,15H2. The van der Waals surface area contributed by atoms with Crippen LogP contribution in [0.5, 0.6) is 0 Å². The molecule has 0 bridgehead atoms. The van der Waals surface area contributed by atoms with E-state index in [0.29, 0.717) is 30.5 Å². The Morgan fingerprint density at radius 3 is 2.50 bits per heavy atom. The van der Waals surface area contributed by atoms with E-state index in [9.17, 15) is 22.0 Å². The minimum Gasteiger partial charge on any atom is -0.305 e. The van der Waals surface area contributed by atoms with Crippen molar-refractivity contribution in [2.45, 2.75) is 23.5 Å². The predicted molar refractivity (Wildman–Crippen MR) is 110 cm³/mol. The molecule has 154 valence electrons. The fraction of sp³-hybridized carbons (Fsp3) is 0.174. The first kappa shape index (κ1) is 20.2. The summed E-state index contributed by atoms with van der Waals surface area (Å²) in [6.45, 7) is 0.306. The first-order valence-electron chi connectivity index (χ1n) is 9.52. The maximum absolute atomic E-state index is 14.4. The zero-order chi connectivity index (χ0) is 21.3. The molecule has 1 heterocycles. The van der Waals surface area contributed by atoms with E-state index in [2.05, 4.69) is 0 Å². The maximum Gasteiger partial charge on any atom is 0.258 e. The maximum atomic E-state index is 14.4. The third-order valence-corrected chi connectivity index (χ3v) is 6.79. The van der Waals surface area contributed by atoms with Crippen molar-refractivity contribution in [3.63, 3.8) is 0 Å². The Balaban J connectivity index is 1.64. The largest absolute Gasteiger partial charge is 0.305 e. The summed E-state index contributed by atoms with van der Waals surface area (Å²) in [5.74, 6) is -2.15. The number of hydrogen-bond acceptors (Lipinski definition) is 3. The van der Waals surface area contributed by atoms with Gasteiger partial charge in [0, 0.05) is 18.2 Å². The number of carbonyl (C=O) groups excluding carboxylic acids is 1. The summed E-state index contributed by atoms with van der Waals surface area (Å²) < 4.78 is 53.3. The summed E-state index contributed by atoms with van der Waals surface area (Å²) in [7, 11) is -3.57. The van der Waals surface area contributed by atoms with E-state index in [1.807, 2.05) is 0 Å². The van der Waals surface area contributed by atoms with Crippen molar-refractivity contribution in [2.75, 3.05) is 11.4 Å². The highest BCUT2D eigenvalue weighted by molar-refractivity contribution is 7.90. The van der Waals surface area contributed by atoms with Crippen LogP contribution in [0, 0.1) is 11.6 Å². The zero-order valence-corrected chi connectivity index (χ0v) is 16.8. The number of rotatable bonds is 4. The monoisotopic (exact) mass is 427 g/mol. The molecule has 0 unspecified atom stereocenters. The van der Waals surface area contributed by atoms with Crippen LogP contribution in [0.15, 0.2) is 71.6 Å². The molecule has 30 heavy (non-hydrogen) atoms. The van der Waals surface area contributed by atoms with Gasteiger partial charge in [-0.2, -0.15) is 0 Å². The summed E-state index contributed by atoms with van der Waals surface area (Å²) >= 11 is 0. The quantitative estimate of drug-likeness (QED) is 0.615. The van der Waals surface area contributed by atoms with Gasteiger partial charge in [-0.25, -0.2) is 17.2 Å². The lowest BCUT2D eigenvalue weighted by molar-refractivity contribution is 0.0984. The van der Waals surface area contributed by atoms with Crippen molar-refractivity contribution in [1.29, 1.82) is 0 Å². The molecule has 0 N–H and O–H groups in total. The molecule has 1 amide bonds. The summed E-state index contributed by atoms with van der Waals surface area (Å²) in [6.07, 6.45) is 1.08. The SMILES string of the molecule is O=C(c1cccc(CS(=O)(=O)c2ccccc2)c1)N1CCCc2cc(F)cc(F)c21. The number of aryl methyl sites for hydroxylation is 1. The molecule has 3 aromatic rings. The Morgan fingerprint density at radius 1 is 0.967 bits per heavy atom. The van der Waals surface area contributed by atoms with E-state index >= 15 is 0 Å². The van der Waals surface area contributed by atoms with Crippen LogP contribution in [0.1, 0.15) is 27.9 Å². The Labute approximate surface area is 173 Å². The van der Waals surface area contributed by atoms with Crippen molar-refractivity contribution in [3.05, 3.63) is 95.1 Å². The molecule has 4 rings (SSSR count). The Kier molecular flexibility index (Phi) is 5.39. The Morgan fingerprint density at radius 2 is 1.73 bits per heavy atom. The van der Waals surface area contributed by atoms with Crippen molar-refractivity contribution in [2.24, 2.45) is 0 Å². The first-order valence-corrected chi connectivity index (χ1v) is 11.2. The molecule has 1 aliphatic rings. The number of nitrogens with zero attached hydrogens (tertiary/aromatic N) is 1. The van der Waals surface area contributed by atoms with Crippen LogP contribution < -0.4 is 4.90 Å². The number of hydrogen-bond donors (Lipinski definition) is 0. The molecule has 0 fully saturated rings. The van der Waals surface area contributed by atoms with Crippen molar-refractivity contribution in [1.82, 2.24) is 0 Å². The number of sulfone groups is 1. The number of fused-ring (bicyclic) bond motifs is 1. The number of anilines is 1. The van der Waals surface area contributed by atoms with Gasteiger partial charge in [-0.15, -0.1) is 0 Å². The van der Waals surface area contributed by atoms with Crippen LogP contribution in [0.3, 0.4) is 0 Å². The summed E-state index contributed by atoms with van der Waals surface area (Å²) in [4.78, 5) is 14.6. The van der Waals surface area contributed by atoms with Crippen molar-refractivity contribution >= 4 is 21.4 Å². The van der Waals surface area contributed by atoms with Crippen LogP contribution >= 0.6 is 0 Å². The van der Waals surface area contributed by atoms with Crippen LogP contribution in [0.4, 0.5) is 14.5 Å². The summed E-state index contributed by atoms with van der Waals surface area (Å²) in [5.41, 5.74) is 1.26. The smallest absolute Gasteiger partial charge is 0.258 e. The topological polar surface area (TPSA) is 54.5 Å². The minimum atomic E-state index is -3.57. The fourth-order valence-corrected chi connectivity index (χ4v) is 5.09. The molecule has 0 spiro atoms. The van der Waals surface area contributed by atoms with Gasteiger partial charge in [-0.1, -0.05) is 30.3 Å². The average Bonchev–Trinajstić information content (AvgIpc) is 2.73. The molecule has 0 aliphatic carbocycles. The van der Waals surface area contributed by atoms with E-state index in [1.165, 1.54) is 29.2 Å². The van der Waals surface area contributed by atoms with Gasteiger partial charge in [0.2, 0.25) is 0 Å². The normalized spacial score (nSPS) is 13.7. The Hall–Kier alpha value is -3.06. The van der Waals surface area contributed by atoms with E-state index in [0.717, 1.165) is 6.07 Å². The Bertz CT molecular complexity index is 1210. The van der Waals surface area contributed by atoms with Crippen molar-refractivity contribution in [3.8, 4) is 0 Å². The molecule has 1 aliphatic heterocycles. The molecule has 3 aromatic carbocycles. The third kappa shape index (κ3) is 3.98. The first-order chi connectivity index (χ1) is 14.3. The highest BCUT2D eigenvalue weighted by Crippen LogP contribution is 2.32. The highest BCUT2D eigenvalue weighted by Gasteiger charge is 2.27. The van der Waals surface area contributed by atoms with E-state index in [4.69, 9.17) is 0 Å². The van der Waals surface area contributed by atoms with E-state index in [1.54, 1.807) is 36.4 Å². The van der Waals surface area contributed by atoms with Gasteiger partial charge in [0.15, 0.2) is 9.84 Å². The molecule has 7 heteroatoms. The lowest BCUT2D eigenvalue weighted by Gasteiger charge is -2.30. The zero-order valence-electron chi connectivity index (χ0n) is 16.0. The molecule has 0 saturated heterocycles. The van der Waals surface area contributed by atoms with E-state index in [-0.39, 0.29) is 21.9 Å². The van der Waals surface area contributed by atoms with Gasteiger partial charge in [-0.3, -0.25) is 4.79 Å². The average molecular weight is 427 g/mol. The molecule has 4 nitrogen and oxygen atoms in total. The van der Waals surface area contributed by atoms with Crippen LogP contribution in [-0.2, 0) is 22.0 Å². The number of halogens is 2. The molecule has 0 radical (unpaired) electrons. The lowest BCUT2D eigenvalue weighted by atomic mass is 9.99. The van der Waals surface area contributed by atoms with Crippen LogP contribution in [0.25, 0.3) is 0 Å². The minimum absolute atomic E-state index is 0.0926. The van der Waals surface area contributed by atoms with Crippen LogP contribution in [0.2, 0.25) is 0 Å². The van der Waals surface area contributed by atoms with Gasteiger partial charge in [0.1, 0.15) is 11.6 Å². The van der Waals surface area contributed by atoms with Gasteiger partial charge in [0.25, 0.3) is 5.91 Å². The molecule has 0 aromatic heterocycles. The van der Waals surface area contributed by atoms with Gasteiger partial charge < -0.3 is 4.90 Å². The second-order valence-electron chi connectivity index (χ2n) is 7.23.